The van der Waals surface area contributed by atoms with E-state index in [9.17, 15) is 19.8 Å². The lowest BCUT2D eigenvalue weighted by atomic mass is 9.88. The Balaban J connectivity index is 2.34. The number of Topliss-reactive ketones (excluding diaryl/α,β-unsaturated/α-hetero) is 1. The molecule has 0 amide bonds. The number of esters is 1. The highest BCUT2D eigenvalue weighted by molar-refractivity contribution is 5.84. The van der Waals surface area contributed by atoms with E-state index in [0.29, 0.717) is 13.0 Å². The average Bonchev–Trinajstić information content (AvgIpc) is 2.89. The van der Waals surface area contributed by atoms with Crippen LogP contribution >= 0.6 is 0 Å². The minimum absolute atomic E-state index is 0.129. The molecule has 0 radical (unpaired) electrons. The first-order chi connectivity index (χ1) is 13.0. The van der Waals surface area contributed by atoms with Gasteiger partial charge in [0.2, 0.25) is 0 Å². The number of hydrogen-bond donors (Lipinski definition) is 2. The molecule has 0 spiro atoms. The van der Waals surface area contributed by atoms with Crippen LogP contribution in [0.3, 0.4) is 0 Å². The van der Waals surface area contributed by atoms with Gasteiger partial charge in [-0.25, -0.2) is 0 Å². The lowest BCUT2D eigenvalue weighted by Crippen LogP contribution is -2.19. The van der Waals surface area contributed by atoms with Gasteiger partial charge in [0, 0.05) is 24.7 Å². The quantitative estimate of drug-likeness (QED) is 0.270. The lowest BCUT2D eigenvalue weighted by molar-refractivity contribution is -0.143. The molecule has 0 aromatic rings. The summed E-state index contributed by atoms with van der Waals surface area (Å²) in [7, 11) is 0. The van der Waals surface area contributed by atoms with Crippen molar-refractivity contribution in [3.8, 4) is 0 Å². The van der Waals surface area contributed by atoms with Gasteiger partial charge in [-0.05, 0) is 26.2 Å². The summed E-state index contributed by atoms with van der Waals surface area (Å²) in [5.41, 5.74) is 0. The van der Waals surface area contributed by atoms with Gasteiger partial charge in [-0.2, -0.15) is 0 Å². The molecule has 4 atom stereocenters. The van der Waals surface area contributed by atoms with Crippen molar-refractivity contribution in [2.75, 3.05) is 6.61 Å². The topological polar surface area (TPSA) is 83.8 Å². The molecule has 27 heavy (non-hydrogen) atoms. The van der Waals surface area contributed by atoms with Gasteiger partial charge in [-0.15, -0.1) is 0 Å². The van der Waals surface area contributed by atoms with Crippen molar-refractivity contribution in [1.29, 1.82) is 0 Å². The van der Waals surface area contributed by atoms with Crippen LogP contribution in [0.2, 0.25) is 0 Å². The van der Waals surface area contributed by atoms with E-state index in [2.05, 4.69) is 6.92 Å². The largest absolute Gasteiger partial charge is 0.466 e. The number of aliphatic hydroxyl groups is 2. The number of aliphatic hydroxyl groups excluding tert-OH is 2. The zero-order chi connectivity index (χ0) is 20.1. The molecule has 1 aliphatic rings. The first kappa shape index (κ1) is 23.8. The summed E-state index contributed by atoms with van der Waals surface area (Å²) in [6, 6.07) is 0. The van der Waals surface area contributed by atoms with Crippen molar-refractivity contribution in [2.24, 2.45) is 11.8 Å². The van der Waals surface area contributed by atoms with E-state index in [1.165, 1.54) is 0 Å². The van der Waals surface area contributed by atoms with Crippen molar-refractivity contribution in [2.45, 2.75) is 96.7 Å². The van der Waals surface area contributed by atoms with Crippen LogP contribution in [0.15, 0.2) is 12.2 Å². The van der Waals surface area contributed by atoms with E-state index < -0.39 is 12.2 Å². The van der Waals surface area contributed by atoms with Gasteiger partial charge in [-0.3, -0.25) is 9.59 Å². The highest BCUT2D eigenvalue weighted by Crippen LogP contribution is 2.34. The smallest absolute Gasteiger partial charge is 0.305 e. The number of carbonyl (C=O) groups excluding carboxylic acids is 2. The highest BCUT2D eigenvalue weighted by Gasteiger charge is 2.39. The third-order valence-corrected chi connectivity index (χ3v) is 5.34. The number of unbranched alkanes of at least 4 members (excludes halogenated alkanes) is 5. The molecule has 0 aromatic heterocycles. The summed E-state index contributed by atoms with van der Waals surface area (Å²) in [6.07, 6.45) is 11.5. The third-order valence-electron chi connectivity index (χ3n) is 5.34. The molecule has 1 aliphatic carbocycles. The fraction of sp³-hybridized carbons (Fsp3) is 0.818. The number of ketones is 1. The molecule has 1 fully saturated rings. The predicted molar refractivity (Wildman–Crippen MR) is 106 cm³/mol. The Labute approximate surface area is 164 Å². The zero-order valence-corrected chi connectivity index (χ0v) is 17.1. The van der Waals surface area contributed by atoms with E-state index in [1.54, 1.807) is 13.0 Å². The van der Waals surface area contributed by atoms with Crippen molar-refractivity contribution in [3.05, 3.63) is 12.2 Å². The molecule has 1 saturated carbocycles. The molecule has 0 aromatic carbocycles. The van der Waals surface area contributed by atoms with Crippen LogP contribution < -0.4 is 0 Å². The Hall–Kier alpha value is -1.20. The van der Waals surface area contributed by atoms with E-state index in [4.69, 9.17) is 4.74 Å². The van der Waals surface area contributed by atoms with Crippen LogP contribution in [0, 0.1) is 11.8 Å². The van der Waals surface area contributed by atoms with Crippen molar-refractivity contribution in [1.82, 2.24) is 0 Å². The molecule has 1 rings (SSSR count). The number of carbonyl (C=O) groups is 2. The molecule has 2 N–H and O–H groups in total. The summed E-state index contributed by atoms with van der Waals surface area (Å²) in [5, 5.41) is 20.2. The second-order valence-electron chi connectivity index (χ2n) is 7.63. The molecule has 5 nitrogen and oxygen atoms in total. The Bertz CT molecular complexity index is 460. The average molecular weight is 383 g/mol. The van der Waals surface area contributed by atoms with Gasteiger partial charge in [-0.1, -0.05) is 57.6 Å². The molecule has 0 bridgehead atoms. The maximum absolute atomic E-state index is 12.2. The third kappa shape index (κ3) is 9.52. The first-order valence-corrected chi connectivity index (χ1v) is 10.7. The minimum Gasteiger partial charge on any atom is -0.466 e. The summed E-state index contributed by atoms with van der Waals surface area (Å²) < 4.78 is 4.91. The molecule has 0 aliphatic heterocycles. The molecule has 156 valence electrons. The minimum atomic E-state index is -0.634. The Kier molecular flexibility index (Phi) is 12.3. The van der Waals surface area contributed by atoms with Crippen LogP contribution in [0.4, 0.5) is 0 Å². The SMILES string of the molecule is CCCCC[C@@H](O)/C=C/[C@H]1[C@@H](O)CC(=O)[C@@H]1CCCCCCC(=O)OCC. The van der Waals surface area contributed by atoms with E-state index in [0.717, 1.165) is 57.8 Å². The highest BCUT2D eigenvalue weighted by atomic mass is 16.5. The van der Waals surface area contributed by atoms with Gasteiger partial charge in [0.05, 0.1) is 18.8 Å². The number of hydrogen-bond acceptors (Lipinski definition) is 5. The molecule has 0 unspecified atom stereocenters. The molecule has 0 saturated heterocycles. The van der Waals surface area contributed by atoms with Gasteiger partial charge in [0.25, 0.3) is 0 Å². The maximum Gasteiger partial charge on any atom is 0.305 e. The van der Waals surface area contributed by atoms with Gasteiger partial charge in [0.15, 0.2) is 0 Å². The van der Waals surface area contributed by atoms with Crippen LogP contribution in [-0.4, -0.2) is 40.8 Å². The summed E-state index contributed by atoms with van der Waals surface area (Å²) >= 11 is 0. The zero-order valence-electron chi connectivity index (χ0n) is 17.1. The van der Waals surface area contributed by atoms with E-state index in [-0.39, 0.29) is 30.0 Å². The second kappa shape index (κ2) is 13.9. The normalized spacial score (nSPS) is 23.9. The Morgan fingerprint density at radius 3 is 2.63 bits per heavy atom. The summed E-state index contributed by atoms with van der Waals surface area (Å²) in [4.78, 5) is 23.5. The first-order valence-electron chi connectivity index (χ1n) is 10.7. The van der Waals surface area contributed by atoms with E-state index in [1.807, 2.05) is 6.08 Å². The van der Waals surface area contributed by atoms with Crippen LogP contribution in [0.5, 0.6) is 0 Å². The predicted octanol–water partition coefficient (Wildman–Crippen LogP) is 3.95. The molecule has 5 heteroatoms. The van der Waals surface area contributed by atoms with Gasteiger partial charge in [0.1, 0.15) is 5.78 Å². The van der Waals surface area contributed by atoms with Gasteiger partial charge < -0.3 is 14.9 Å². The molecular weight excluding hydrogens is 344 g/mol. The number of rotatable bonds is 14. The monoisotopic (exact) mass is 382 g/mol. The molecular formula is C22H38O5. The fourth-order valence-electron chi connectivity index (χ4n) is 3.77. The van der Waals surface area contributed by atoms with Crippen LogP contribution in [0.1, 0.15) is 84.5 Å². The van der Waals surface area contributed by atoms with Crippen LogP contribution in [-0.2, 0) is 14.3 Å². The van der Waals surface area contributed by atoms with Crippen molar-refractivity contribution < 1.29 is 24.5 Å². The maximum atomic E-state index is 12.2. The van der Waals surface area contributed by atoms with Gasteiger partial charge >= 0.3 is 5.97 Å². The second-order valence-corrected chi connectivity index (χ2v) is 7.63. The summed E-state index contributed by atoms with van der Waals surface area (Å²) in [6.45, 7) is 4.36. The standard InChI is InChI=1S/C22H38O5/c1-3-5-8-11-17(23)14-15-19-18(20(24)16-21(19)25)12-9-6-7-10-13-22(26)27-4-2/h14-15,17-19,21,23,25H,3-13,16H2,1-2H3/b15-14+/t17-,18-,19-,21+/m1/s1. The number of ether oxygens (including phenoxy) is 1. The lowest BCUT2D eigenvalue weighted by Gasteiger charge is -2.18. The Morgan fingerprint density at radius 1 is 1.19 bits per heavy atom. The Morgan fingerprint density at radius 2 is 1.93 bits per heavy atom. The fourth-order valence-corrected chi connectivity index (χ4v) is 3.77. The van der Waals surface area contributed by atoms with E-state index >= 15 is 0 Å². The molecule has 0 heterocycles. The van der Waals surface area contributed by atoms with Crippen LogP contribution in [0.25, 0.3) is 0 Å². The summed E-state index contributed by atoms with van der Waals surface area (Å²) in [5.74, 6) is -0.347. The van der Waals surface area contributed by atoms with Crippen molar-refractivity contribution >= 4 is 11.8 Å². The van der Waals surface area contributed by atoms with Crippen molar-refractivity contribution in [3.63, 3.8) is 0 Å².